The summed E-state index contributed by atoms with van der Waals surface area (Å²) in [5.74, 6) is 0. The van der Waals surface area contributed by atoms with Gasteiger partial charge >= 0.3 is 0 Å². The molecule has 11 heavy (non-hydrogen) atoms. The Morgan fingerprint density at radius 1 is 1.55 bits per heavy atom. The van der Waals surface area contributed by atoms with Crippen LogP contribution in [0.4, 0.5) is 0 Å². The van der Waals surface area contributed by atoms with E-state index in [1.807, 2.05) is 18.2 Å². The van der Waals surface area contributed by atoms with Gasteiger partial charge in [0.2, 0.25) is 0 Å². The molecule has 0 aliphatic heterocycles. The van der Waals surface area contributed by atoms with Crippen LogP contribution < -0.4 is 0 Å². The van der Waals surface area contributed by atoms with Crippen LogP contribution in [0.15, 0.2) is 23.1 Å². The van der Waals surface area contributed by atoms with E-state index in [0.29, 0.717) is 6.42 Å². The van der Waals surface area contributed by atoms with Gasteiger partial charge in [0.25, 0.3) is 0 Å². The third-order valence-corrected chi connectivity index (χ3v) is 3.00. The van der Waals surface area contributed by atoms with Crippen molar-refractivity contribution < 1.29 is 0 Å². The zero-order valence-corrected chi connectivity index (χ0v) is 8.76. The van der Waals surface area contributed by atoms with Crippen LogP contribution in [0.2, 0.25) is 0 Å². The highest BCUT2D eigenvalue weighted by molar-refractivity contribution is 14.1. The summed E-state index contributed by atoms with van der Waals surface area (Å²) < 4.78 is 1.10. The number of thiol groups is 1. The molecule has 0 N–H and O–H groups in total. The van der Waals surface area contributed by atoms with E-state index >= 15 is 0 Å². The fourth-order valence-electron chi connectivity index (χ4n) is 0.752. The van der Waals surface area contributed by atoms with Crippen molar-refractivity contribution in [1.82, 2.24) is 0 Å². The molecule has 0 heterocycles. The second kappa shape index (κ2) is 3.98. The van der Waals surface area contributed by atoms with Gasteiger partial charge in [0.05, 0.1) is 12.5 Å². The molecule has 3 heteroatoms. The first-order valence-corrected chi connectivity index (χ1v) is 4.61. The molecule has 0 bridgehead atoms. The molecule has 0 aromatic heterocycles. The lowest BCUT2D eigenvalue weighted by Crippen LogP contribution is -1.83. The highest BCUT2D eigenvalue weighted by Gasteiger charge is 1.96. The molecule has 0 spiro atoms. The molecule has 1 aromatic rings. The first-order chi connectivity index (χ1) is 5.24. The molecule has 1 rings (SSSR count). The molecule has 56 valence electrons. The fraction of sp³-hybridized carbons (Fsp3) is 0.125. The minimum Gasteiger partial charge on any atom is -0.198 e. The van der Waals surface area contributed by atoms with Gasteiger partial charge in [-0.15, -0.1) is 12.6 Å². The normalized spacial score (nSPS) is 9.18. The van der Waals surface area contributed by atoms with Crippen molar-refractivity contribution in [1.29, 1.82) is 5.26 Å². The second-order valence-electron chi connectivity index (χ2n) is 2.12. The summed E-state index contributed by atoms with van der Waals surface area (Å²) in [6.45, 7) is 0. The lowest BCUT2D eigenvalue weighted by molar-refractivity contribution is 1.23. The van der Waals surface area contributed by atoms with Crippen LogP contribution in [-0.2, 0) is 6.42 Å². The maximum atomic E-state index is 8.41. The van der Waals surface area contributed by atoms with Gasteiger partial charge in [-0.1, -0.05) is 6.07 Å². The van der Waals surface area contributed by atoms with Gasteiger partial charge in [0, 0.05) is 8.47 Å². The van der Waals surface area contributed by atoms with Gasteiger partial charge in [-0.05, 0) is 40.3 Å². The molecular weight excluding hydrogens is 269 g/mol. The number of nitriles is 1. The van der Waals surface area contributed by atoms with E-state index in [0.717, 1.165) is 14.0 Å². The van der Waals surface area contributed by atoms with Crippen molar-refractivity contribution in [2.75, 3.05) is 0 Å². The summed E-state index contributed by atoms with van der Waals surface area (Å²) in [6.07, 6.45) is 0.476. The topological polar surface area (TPSA) is 23.8 Å². The van der Waals surface area contributed by atoms with Crippen LogP contribution >= 0.6 is 35.2 Å². The van der Waals surface area contributed by atoms with E-state index < -0.39 is 0 Å². The predicted octanol–water partition coefficient (Wildman–Crippen LogP) is 2.65. The van der Waals surface area contributed by atoms with Crippen LogP contribution in [0, 0.1) is 14.9 Å². The SMILES string of the molecule is N#CCc1ccc(S)c(I)c1. The van der Waals surface area contributed by atoms with E-state index in [1.54, 1.807) is 0 Å². The smallest absolute Gasteiger partial charge is 0.0669 e. The summed E-state index contributed by atoms with van der Waals surface area (Å²) in [5, 5.41) is 8.41. The summed E-state index contributed by atoms with van der Waals surface area (Å²) in [6, 6.07) is 7.92. The Balaban J connectivity index is 2.98. The fourth-order valence-corrected chi connectivity index (χ4v) is 1.47. The predicted molar refractivity (Wildman–Crippen MR) is 55.7 cm³/mol. The van der Waals surface area contributed by atoms with Crippen molar-refractivity contribution in [2.24, 2.45) is 0 Å². The standard InChI is InChI=1S/C8H6INS/c9-7-5-6(3-4-10)1-2-8(7)11/h1-2,5,11H,3H2. The number of halogens is 1. The molecule has 0 amide bonds. The Labute approximate surface area is 85.0 Å². The zero-order valence-electron chi connectivity index (χ0n) is 5.71. The molecule has 0 aliphatic rings. The number of benzene rings is 1. The van der Waals surface area contributed by atoms with Crippen LogP contribution in [0.25, 0.3) is 0 Å². The highest BCUT2D eigenvalue weighted by atomic mass is 127. The van der Waals surface area contributed by atoms with Crippen molar-refractivity contribution >= 4 is 35.2 Å². The molecule has 0 saturated carbocycles. The van der Waals surface area contributed by atoms with Crippen molar-refractivity contribution in [3.8, 4) is 6.07 Å². The first kappa shape index (κ1) is 8.88. The average molecular weight is 275 g/mol. The quantitative estimate of drug-likeness (QED) is 0.618. The van der Waals surface area contributed by atoms with E-state index in [9.17, 15) is 0 Å². The Kier molecular flexibility index (Phi) is 3.21. The molecule has 0 saturated heterocycles. The molecule has 0 aliphatic carbocycles. The van der Waals surface area contributed by atoms with Gasteiger partial charge in [0.1, 0.15) is 0 Å². The largest absolute Gasteiger partial charge is 0.198 e. The average Bonchev–Trinajstić information content (AvgIpc) is 1.98. The highest BCUT2D eigenvalue weighted by Crippen LogP contribution is 2.17. The molecule has 1 nitrogen and oxygen atoms in total. The third kappa shape index (κ3) is 2.38. The molecule has 0 unspecified atom stereocenters. The molecule has 0 atom stereocenters. The van der Waals surface area contributed by atoms with E-state index in [4.69, 9.17) is 5.26 Å². The first-order valence-electron chi connectivity index (χ1n) is 3.08. The summed E-state index contributed by atoms with van der Waals surface area (Å²) in [5.41, 5.74) is 1.05. The Morgan fingerprint density at radius 3 is 2.82 bits per heavy atom. The van der Waals surface area contributed by atoms with Crippen LogP contribution in [0.3, 0.4) is 0 Å². The third-order valence-electron chi connectivity index (χ3n) is 1.30. The van der Waals surface area contributed by atoms with E-state index in [-0.39, 0.29) is 0 Å². The zero-order chi connectivity index (χ0) is 8.27. The van der Waals surface area contributed by atoms with Crippen molar-refractivity contribution in [3.63, 3.8) is 0 Å². The van der Waals surface area contributed by atoms with Gasteiger partial charge in [0.15, 0.2) is 0 Å². The van der Waals surface area contributed by atoms with Crippen LogP contribution in [-0.4, -0.2) is 0 Å². The van der Waals surface area contributed by atoms with E-state index in [2.05, 4.69) is 41.3 Å². The van der Waals surface area contributed by atoms with E-state index in [1.165, 1.54) is 0 Å². The van der Waals surface area contributed by atoms with Crippen LogP contribution in [0.1, 0.15) is 5.56 Å². The van der Waals surface area contributed by atoms with Crippen molar-refractivity contribution in [3.05, 3.63) is 27.3 Å². The Hall–Kier alpha value is -0.210. The van der Waals surface area contributed by atoms with Gasteiger partial charge in [-0.25, -0.2) is 0 Å². The number of nitrogens with zero attached hydrogens (tertiary/aromatic N) is 1. The number of rotatable bonds is 1. The Bertz CT molecular complexity index is 303. The summed E-state index contributed by atoms with van der Waals surface area (Å²) in [7, 11) is 0. The lowest BCUT2D eigenvalue weighted by Gasteiger charge is -1.98. The summed E-state index contributed by atoms with van der Waals surface area (Å²) in [4.78, 5) is 0.965. The minimum absolute atomic E-state index is 0.476. The van der Waals surface area contributed by atoms with Gasteiger partial charge < -0.3 is 0 Å². The van der Waals surface area contributed by atoms with Gasteiger partial charge in [-0.3, -0.25) is 0 Å². The monoisotopic (exact) mass is 275 g/mol. The molecule has 0 fully saturated rings. The van der Waals surface area contributed by atoms with Crippen LogP contribution in [0.5, 0.6) is 0 Å². The number of hydrogen-bond donors (Lipinski definition) is 1. The lowest BCUT2D eigenvalue weighted by atomic mass is 10.2. The van der Waals surface area contributed by atoms with Crippen molar-refractivity contribution in [2.45, 2.75) is 11.3 Å². The molecule has 0 radical (unpaired) electrons. The molecular formula is C8H6INS. The summed E-state index contributed by atoms with van der Waals surface area (Å²) >= 11 is 6.43. The Morgan fingerprint density at radius 2 is 2.27 bits per heavy atom. The minimum atomic E-state index is 0.476. The maximum Gasteiger partial charge on any atom is 0.0669 e. The second-order valence-corrected chi connectivity index (χ2v) is 3.76. The number of hydrogen-bond acceptors (Lipinski definition) is 2. The maximum absolute atomic E-state index is 8.41. The molecule has 1 aromatic carbocycles. The van der Waals surface area contributed by atoms with Gasteiger partial charge in [-0.2, -0.15) is 5.26 Å².